The van der Waals surface area contributed by atoms with E-state index in [2.05, 4.69) is 10.3 Å². The van der Waals surface area contributed by atoms with Gasteiger partial charge in [0.1, 0.15) is 5.52 Å². The summed E-state index contributed by atoms with van der Waals surface area (Å²) in [4.78, 5) is 16.9. The van der Waals surface area contributed by atoms with Gasteiger partial charge >= 0.3 is 0 Å². The monoisotopic (exact) mass is 328 g/mol. The number of oxazole rings is 1. The predicted molar refractivity (Wildman–Crippen MR) is 98.6 cm³/mol. The van der Waals surface area contributed by atoms with E-state index in [0.29, 0.717) is 11.5 Å². The fraction of sp³-hybridized carbons (Fsp3) is 0.0476. The Hall–Kier alpha value is -3.40. The largest absolute Gasteiger partial charge is 0.436 e. The van der Waals surface area contributed by atoms with Gasteiger partial charge in [-0.05, 0) is 55.0 Å². The van der Waals surface area contributed by atoms with E-state index in [-0.39, 0.29) is 5.91 Å². The molecule has 3 aromatic carbocycles. The quantitative estimate of drug-likeness (QED) is 0.572. The third kappa shape index (κ3) is 3.02. The number of anilines is 1. The van der Waals surface area contributed by atoms with Crippen molar-refractivity contribution in [1.29, 1.82) is 0 Å². The summed E-state index contributed by atoms with van der Waals surface area (Å²) in [5.41, 5.74) is 4.83. The Morgan fingerprint density at radius 1 is 0.920 bits per heavy atom. The number of fused-ring (bicyclic) bond motifs is 1. The van der Waals surface area contributed by atoms with Gasteiger partial charge < -0.3 is 9.73 Å². The van der Waals surface area contributed by atoms with E-state index < -0.39 is 0 Å². The molecule has 0 aliphatic rings. The highest BCUT2D eigenvalue weighted by Gasteiger charge is 2.10. The highest BCUT2D eigenvalue weighted by atomic mass is 16.3. The molecule has 1 amide bonds. The van der Waals surface area contributed by atoms with Crippen molar-refractivity contribution in [3.63, 3.8) is 0 Å². The van der Waals surface area contributed by atoms with Crippen LogP contribution in [0.4, 0.5) is 5.69 Å². The predicted octanol–water partition coefficient (Wildman–Crippen LogP) is 5.06. The van der Waals surface area contributed by atoms with Crippen molar-refractivity contribution in [3.05, 3.63) is 83.9 Å². The van der Waals surface area contributed by atoms with Gasteiger partial charge in [0.25, 0.3) is 5.91 Å². The number of benzene rings is 3. The molecule has 4 heteroatoms. The number of nitrogens with one attached hydrogen (secondary N) is 1. The molecule has 0 fully saturated rings. The molecule has 1 heterocycles. The highest BCUT2D eigenvalue weighted by molar-refractivity contribution is 6.04. The number of carbonyl (C=O) groups excluding carboxylic acids is 1. The van der Waals surface area contributed by atoms with Crippen LogP contribution >= 0.6 is 0 Å². The first kappa shape index (κ1) is 15.1. The lowest BCUT2D eigenvalue weighted by Gasteiger charge is -2.08. The summed E-state index contributed by atoms with van der Waals surface area (Å²) in [6.07, 6.45) is 0. The minimum atomic E-state index is -0.140. The molecule has 1 aromatic heterocycles. The Morgan fingerprint density at radius 2 is 1.64 bits per heavy atom. The van der Waals surface area contributed by atoms with Crippen molar-refractivity contribution in [2.24, 2.45) is 0 Å². The molecule has 1 N–H and O–H groups in total. The van der Waals surface area contributed by atoms with Crippen LogP contribution in [-0.2, 0) is 0 Å². The number of hydrogen-bond donors (Lipinski definition) is 1. The number of nitrogens with zero attached hydrogens (tertiary/aromatic N) is 1. The molecule has 0 unspecified atom stereocenters. The zero-order chi connectivity index (χ0) is 17.2. The van der Waals surface area contributed by atoms with Crippen molar-refractivity contribution in [2.75, 3.05) is 5.32 Å². The van der Waals surface area contributed by atoms with Gasteiger partial charge in [-0.1, -0.05) is 30.3 Å². The van der Waals surface area contributed by atoms with Crippen LogP contribution in [0.3, 0.4) is 0 Å². The fourth-order valence-corrected chi connectivity index (χ4v) is 2.67. The van der Waals surface area contributed by atoms with Crippen molar-refractivity contribution in [3.8, 4) is 11.5 Å². The molecule has 0 aliphatic heterocycles. The van der Waals surface area contributed by atoms with Gasteiger partial charge in [0.05, 0.1) is 0 Å². The molecule has 4 nitrogen and oxygen atoms in total. The zero-order valence-electron chi connectivity index (χ0n) is 13.7. The van der Waals surface area contributed by atoms with E-state index in [1.54, 1.807) is 12.1 Å². The Kier molecular flexibility index (Phi) is 3.78. The van der Waals surface area contributed by atoms with E-state index >= 15 is 0 Å². The van der Waals surface area contributed by atoms with Gasteiger partial charge in [-0.15, -0.1) is 0 Å². The number of amides is 1. The lowest BCUT2D eigenvalue weighted by molar-refractivity contribution is 0.102. The van der Waals surface area contributed by atoms with Crippen molar-refractivity contribution in [1.82, 2.24) is 4.98 Å². The van der Waals surface area contributed by atoms with Crippen LogP contribution in [0.15, 0.2) is 77.2 Å². The summed E-state index contributed by atoms with van der Waals surface area (Å²) < 4.78 is 5.75. The molecule has 0 atom stereocenters. The number of aromatic nitrogens is 1. The maximum atomic E-state index is 12.4. The summed E-state index contributed by atoms with van der Waals surface area (Å²) in [7, 11) is 0. The van der Waals surface area contributed by atoms with E-state index in [1.165, 1.54) is 0 Å². The summed E-state index contributed by atoms with van der Waals surface area (Å²) in [6, 6.07) is 22.6. The number of hydrogen-bond acceptors (Lipinski definition) is 3. The van der Waals surface area contributed by atoms with Crippen LogP contribution < -0.4 is 5.32 Å². The molecular weight excluding hydrogens is 312 g/mol. The summed E-state index contributed by atoms with van der Waals surface area (Å²) in [6.45, 7) is 1.96. The van der Waals surface area contributed by atoms with Gasteiger partial charge in [-0.2, -0.15) is 0 Å². The van der Waals surface area contributed by atoms with E-state index in [0.717, 1.165) is 27.9 Å². The summed E-state index contributed by atoms with van der Waals surface area (Å²) >= 11 is 0. The van der Waals surface area contributed by atoms with Crippen molar-refractivity contribution >= 4 is 22.7 Å². The summed E-state index contributed by atoms with van der Waals surface area (Å²) in [5, 5.41) is 2.93. The maximum Gasteiger partial charge on any atom is 0.255 e. The summed E-state index contributed by atoms with van der Waals surface area (Å²) in [5.74, 6) is 0.408. The Balaban J connectivity index is 1.57. The lowest BCUT2D eigenvalue weighted by atomic mass is 10.1. The van der Waals surface area contributed by atoms with Gasteiger partial charge in [0.15, 0.2) is 5.58 Å². The normalized spacial score (nSPS) is 10.8. The standard InChI is InChI=1S/C21H16N2O2/c1-14-6-2-3-7-17(14)22-20(24)15-10-12-16(13-11-15)21-23-18-8-4-5-9-19(18)25-21/h2-13H,1H3,(H,22,24). The van der Waals surface area contributed by atoms with Gasteiger partial charge in [0, 0.05) is 16.8 Å². The molecule has 0 spiro atoms. The van der Waals surface area contributed by atoms with Crippen LogP contribution in [0.5, 0.6) is 0 Å². The van der Waals surface area contributed by atoms with E-state index in [1.807, 2.05) is 67.6 Å². The SMILES string of the molecule is Cc1ccccc1NC(=O)c1ccc(-c2nc3ccccc3o2)cc1. The smallest absolute Gasteiger partial charge is 0.255 e. The van der Waals surface area contributed by atoms with Crippen LogP contribution in [0.2, 0.25) is 0 Å². The first-order valence-electron chi connectivity index (χ1n) is 8.04. The first-order chi connectivity index (χ1) is 12.2. The van der Waals surface area contributed by atoms with Crippen LogP contribution in [0, 0.1) is 6.92 Å². The second-order valence-electron chi connectivity index (χ2n) is 5.83. The second kappa shape index (κ2) is 6.24. The van der Waals surface area contributed by atoms with Gasteiger partial charge in [-0.3, -0.25) is 4.79 Å². The van der Waals surface area contributed by atoms with Crippen LogP contribution in [0.25, 0.3) is 22.6 Å². The molecule has 122 valence electrons. The molecule has 0 aliphatic carbocycles. The number of rotatable bonds is 3. The first-order valence-corrected chi connectivity index (χ1v) is 8.04. The van der Waals surface area contributed by atoms with E-state index in [4.69, 9.17) is 4.42 Å². The third-order valence-electron chi connectivity index (χ3n) is 4.08. The van der Waals surface area contributed by atoms with Crippen LogP contribution in [-0.4, -0.2) is 10.9 Å². The van der Waals surface area contributed by atoms with Crippen molar-refractivity contribution < 1.29 is 9.21 Å². The third-order valence-corrected chi connectivity index (χ3v) is 4.08. The highest BCUT2D eigenvalue weighted by Crippen LogP contribution is 2.24. The molecule has 25 heavy (non-hydrogen) atoms. The maximum absolute atomic E-state index is 12.4. The molecule has 0 saturated carbocycles. The second-order valence-corrected chi connectivity index (χ2v) is 5.83. The minimum Gasteiger partial charge on any atom is -0.436 e. The molecule has 0 bridgehead atoms. The van der Waals surface area contributed by atoms with Crippen LogP contribution in [0.1, 0.15) is 15.9 Å². The topological polar surface area (TPSA) is 55.1 Å². The van der Waals surface area contributed by atoms with Crippen molar-refractivity contribution in [2.45, 2.75) is 6.92 Å². The van der Waals surface area contributed by atoms with Gasteiger partial charge in [-0.25, -0.2) is 4.98 Å². The number of carbonyl (C=O) groups is 1. The average Bonchev–Trinajstić information content (AvgIpc) is 3.08. The van der Waals surface area contributed by atoms with E-state index in [9.17, 15) is 4.79 Å². The minimum absolute atomic E-state index is 0.140. The Morgan fingerprint density at radius 3 is 2.40 bits per heavy atom. The molecule has 4 aromatic rings. The molecule has 0 saturated heterocycles. The Labute approximate surface area is 145 Å². The molecule has 0 radical (unpaired) electrons. The van der Waals surface area contributed by atoms with Gasteiger partial charge in [0.2, 0.25) is 5.89 Å². The Bertz CT molecular complexity index is 1020. The number of aryl methyl sites for hydroxylation is 1. The lowest BCUT2D eigenvalue weighted by Crippen LogP contribution is -2.12. The zero-order valence-corrected chi connectivity index (χ0v) is 13.7. The molecular formula is C21H16N2O2. The fourth-order valence-electron chi connectivity index (χ4n) is 2.67. The number of para-hydroxylation sites is 3. The average molecular weight is 328 g/mol. The molecule has 4 rings (SSSR count).